The van der Waals surface area contributed by atoms with Crippen LogP contribution in [0, 0.1) is 0 Å². The fourth-order valence-electron chi connectivity index (χ4n) is 6.00. The molecule has 0 radical (unpaired) electrons. The molecular formula is C23H36N2Si. The van der Waals surface area contributed by atoms with Crippen molar-refractivity contribution in [1.29, 1.82) is 0 Å². The highest BCUT2D eigenvalue weighted by molar-refractivity contribution is 6.77. The van der Waals surface area contributed by atoms with Crippen LogP contribution in [-0.4, -0.2) is 31.8 Å². The number of allylic oxidation sites excluding steroid dienone is 1. The zero-order valence-electron chi connectivity index (χ0n) is 17.6. The standard InChI is InChI=1S/C23H36N2Si/c1-16-21(25-12-7-8-13-25)19-14-17-10-9-11-18(17)15-20(19)22(16)26(5,6)24-23(2,3)4/h14-15,22,24H,7-13H2,1-6H3. The van der Waals surface area contributed by atoms with Crippen LogP contribution in [0.3, 0.4) is 0 Å². The minimum absolute atomic E-state index is 0.170. The Hall–Kier alpha value is -1.06. The summed E-state index contributed by atoms with van der Waals surface area (Å²) in [5, 5.41) is 0. The summed E-state index contributed by atoms with van der Waals surface area (Å²) in [7, 11) is -1.68. The van der Waals surface area contributed by atoms with E-state index in [0.29, 0.717) is 5.54 Å². The molecule has 0 amide bonds. The lowest BCUT2D eigenvalue weighted by atomic mass is 10.0. The van der Waals surface area contributed by atoms with Crippen LogP contribution in [0.1, 0.15) is 74.8 Å². The van der Waals surface area contributed by atoms with Crippen molar-refractivity contribution in [3.63, 3.8) is 0 Å². The molecule has 1 heterocycles. The maximum atomic E-state index is 4.07. The van der Waals surface area contributed by atoms with Crippen LogP contribution in [0.2, 0.25) is 13.1 Å². The summed E-state index contributed by atoms with van der Waals surface area (Å²) in [4.78, 5) is 6.77. The van der Waals surface area contributed by atoms with Crippen molar-refractivity contribution in [3.8, 4) is 0 Å². The fourth-order valence-corrected chi connectivity index (χ4v) is 10.3. The molecule has 1 aliphatic heterocycles. The highest BCUT2D eigenvalue weighted by Gasteiger charge is 2.44. The topological polar surface area (TPSA) is 15.3 Å². The van der Waals surface area contributed by atoms with Crippen LogP contribution in [0.5, 0.6) is 0 Å². The second-order valence-corrected chi connectivity index (χ2v) is 14.6. The number of hydrogen-bond acceptors (Lipinski definition) is 2. The van der Waals surface area contributed by atoms with Crippen LogP contribution < -0.4 is 4.98 Å². The average Bonchev–Trinajstić information content (AvgIpc) is 3.19. The molecule has 1 saturated heterocycles. The molecule has 1 atom stereocenters. The van der Waals surface area contributed by atoms with Crippen molar-refractivity contribution in [2.24, 2.45) is 0 Å². The zero-order chi connectivity index (χ0) is 18.7. The summed E-state index contributed by atoms with van der Waals surface area (Å²) >= 11 is 0. The van der Waals surface area contributed by atoms with E-state index >= 15 is 0 Å². The van der Waals surface area contributed by atoms with Crippen LogP contribution in [0.25, 0.3) is 5.70 Å². The first-order chi connectivity index (χ1) is 12.2. The highest BCUT2D eigenvalue weighted by atomic mass is 28.3. The van der Waals surface area contributed by atoms with Gasteiger partial charge in [-0.1, -0.05) is 19.2 Å². The molecule has 1 N–H and O–H groups in total. The van der Waals surface area contributed by atoms with Gasteiger partial charge in [-0.15, -0.1) is 0 Å². The molecule has 4 rings (SSSR count). The Morgan fingerprint density at radius 3 is 2.23 bits per heavy atom. The van der Waals surface area contributed by atoms with Gasteiger partial charge in [-0.05, 0) is 88.1 Å². The molecule has 0 bridgehead atoms. The Morgan fingerprint density at radius 2 is 1.62 bits per heavy atom. The van der Waals surface area contributed by atoms with Crippen molar-refractivity contribution in [2.45, 2.75) is 84.0 Å². The molecule has 1 unspecified atom stereocenters. The van der Waals surface area contributed by atoms with Gasteiger partial charge in [0.2, 0.25) is 0 Å². The molecule has 3 aliphatic rings. The van der Waals surface area contributed by atoms with Gasteiger partial charge in [0.05, 0.1) is 0 Å². The van der Waals surface area contributed by atoms with Crippen molar-refractivity contribution in [2.75, 3.05) is 13.1 Å². The van der Waals surface area contributed by atoms with Gasteiger partial charge in [-0.25, -0.2) is 0 Å². The van der Waals surface area contributed by atoms with E-state index in [1.807, 2.05) is 0 Å². The molecule has 3 heteroatoms. The maximum absolute atomic E-state index is 4.07. The monoisotopic (exact) mass is 368 g/mol. The Balaban J connectivity index is 1.84. The smallest absolute Gasteiger partial charge is 0.131 e. The first-order valence-corrected chi connectivity index (χ1v) is 13.7. The van der Waals surface area contributed by atoms with E-state index in [9.17, 15) is 0 Å². The van der Waals surface area contributed by atoms with Gasteiger partial charge in [-0.3, -0.25) is 0 Å². The van der Waals surface area contributed by atoms with Crippen LogP contribution in [0.4, 0.5) is 0 Å². The second-order valence-electron chi connectivity index (χ2n) is 10.3. The largest absolute Gasteiger partial charge is 0.371 e. The van der Waals surface area contributed by atoms with Crippen molar-refractivity contribution >= 4 is 13.9 Å². The number of nitrogens with one attached hydrogen (secondary N) is 1. The van der Waals surface area contributed by atoms with Gasteiger partial charge in [0, 0.05) is 35.4 Å². The van der Waals surface area contributed by atoms with E-state index in [-0.39, 0.29) is 5.54 Å². The van der Waals surface area contributed by atoms with Gasteiger partial charge in [0.25, 0.3) is 0 Å². The molecular weight excluding hydrogens is 332 g/mol. The second kappa shape index (κ2) is 6.24. The van der Waals surface area contributed by atoms with Crippen molar-refractivity contribution in [3.05, 3.63) is 40.0 Å². The summed E-state index contributed by atoms with van der Waals surface area (Å²) in [6.07, 6.45) is 6.60. The molecule has 0 saturated carbocycles. The third kappa shape index (κ3) is 3.07. The Bertz CT molecular complexity index is 748. The lowest BCUT2D eigenvalue weighted by Gasteiger charge is -2.39. The summed E-state index contributed by atoms with van der Waals surface area (Å²) in [6, 6.07) is 5.18. The van der Waals surface area contributed by atoms with E-state index in [2.05, 4.69) is 62.8 Å². The summed E-state index contributed by atoms with van der Waals surface area (Å²) in [5.41, 5.74) is 10.5. The molecule has 2 nitrogen and oxygen atoms in total. The Labute approximate surface area is 161 Å². The van der Waals surface area contributed by atoms with Crippen LogP contribution in [0.15, 0.2) is 17.7 Å². The number of benzene rings is 1. The van der Waals surface area contributed by atoms with E-state index in [0.717, 1.165) is 0 Å². The zero-order valence-corrected chi connectivity index (χ0v) is 18.6. The van der Waals surface area contributed by atoms with E-state index < -0.39 is 8.24 Å². The van der Waals surface area contributed by atoms with Crippen LogP contribution >= 0.6 is 0 Å². The summed E-state index contributed by atoms with van der Waals surface area (Å²) in [5.74, 6) is 0. The van der Waals surface area contributed by atoms with Gasteiger partial charge >= 0.3 is 0 Å². The van der Waals surface area contributed by atoms with Gasteiger partial charge in [0.15, 0.2) is 0 Å². The highest BCUT2D eigenvalue weighted by Crippen LogP contribution is 2.49. The predicted octanol–water partition coefficient (Wildman–Crippen LogP) is 5.23. The Morgan fingerprint density at radius 1 is 1.00 bits per heavy atom. The van der Waals surface area contributed by atoms with Crippen molar-refractivity contribution in [1.82, 2.24) is 9.88 Å². The van der Waals surface area contributed by atoms with Crippen molar-refractivity contribution < 1.29 is 0 Å². The minimum Gasteiger partial charge on any atom is -0.371 e. The third-order valence-corrected chi connectivity index (χ3v) is 10.1. The first-order valence-electron chi connectivity index (χ1n) is 10.6. The molecule has 0 aromatic heterocycles. The average molecular weight is 369 g/mol. The first kappa shape index (κ1) is 18.3. The van der Waals surface area contributed by atoms with E-state index in [1.165, 1.54) is 45.2 Å². The van der Waals surface area contributed by atoms with Gasteiger partial charge in [0.1, 0.15) is 8.24 Å². The number of aryl methyl sites for hydroxylation is 2. The number of nitrogens with zero attached hydrogens (tertiary/aromatic N) is 1. The molecule has 1 aromatic rings. The summed E-state index contributed by atoms with van der Waals surface area (Å²) < 4.78 is 0. The molecule has 1 aromatic carbocycles. The molecule has 142 valence electrons. The third-order valence-electron chi connectivity index (χ3n) is 6.48. The number of rotatable bonds is 3. The lowest BCUT2D eigenvalue weighted by molar-refractivity contribution is 0.490. The molecule has 26 heavy (non-hydrogen) atoms. The minimum atomic E-state index is -1.68. The van der Waals surface area contributed by atoms with Crippen LogP contribution in [-0.2, 0) is 12.8 Å². The molecule has 1 fully saturated rings. The number of fused-ring (bicyclic) bond motifs is 2. The van der Waals surface area contributed by atoms with Gasteiger partial charge in [-0.2, -0.15) is 0 Å². The SMILES string of the molecule is CC1=C(N2CCCC2)c2cc3c(cc2C1[Si](C)(C)NC(C)(C)C)CCC3. The molecule has 0 spiro atoms. The quantitative estimate of drug-likeness (QED) is 0.735. The Kier molecular flexibility index (Phi) is 4.39. The number of likely N-dealkylation sites (tertiary alicyclic amines) is 1. The number of hydrogen-bond donors (Lipinski definition) is 1. The predicted molar refractivity (Wildman–Crippen MR) is 115 cm³/mol. The maximum Gasteiger partial charge on any atom is 0.131 e. The van der Waals surface area contributed by atoms with Gasteiger partial charge < -0.3 is 9.88 Å². The molecule has 2 aliphatic carbocycles. The van der Waals surface area contributed by atoms with E-state index in [1.54, 1.807) is 33.5 Å². The lowest BCUT2D eigenvalue weighted by Crippen LogP contribution is -2.58. The summed E-state index contributed by atoms with van der Waals surface area (Å²) in [6.45, 7) is 17.0. The normalized spacial score (nSPS) is 23.0. The van der Waals surface area contributed by atoms with E-state index in [4.69, 9.17) is 0 Å². The fraction of sp³-hybridized carbons (Fsp3) is 0.652.